The quantitative estimate of drug-likeness (QED) is 0.858. The van der Waals surface area contributed by atoms with Crippen molar-refractivity contribution >= 4 is 16.8 Å². The lowest BCUT2D eigenvalue weighted by Crippen LogP contribution is -2.42. The maximum absolute atomic E-state index is 12.6. The summed E-state index contributed by atoms with van der Waals surface area (Å²) in [6.45, 7) is 6.92. The van der Waals surface area contributed by atoms with Crippen LogP contribution < -0.4 is 10.9 Å². The summed E-state index contributed by atoms with van der Waals surface area (Å²) in [6.07, 6.45) is 0. The van der Waals surface area contributed by atoms with Crippen LogP contribution in [0, 0.1) is 19.8 Å². The number of rotatable bonds is 2. The number of hydrogen-bond donors (Lipinski definition) is 2. The van der Waals surface area contributed by atoms with Crippen LogP contribution in [0.5, 0.6) is 0 Å². The van der Waals surface area contributed by atoms with Gasteiger partial charge in [-0.25, -0.2) is 0 Å². The third-order valence-corrected chi connectivity index (χ3v) is 5.08. The van der Waals surface area contributed by atoms with Gasteiger partial charge in [-0.1, -0.05) is 11.6 Å². The molecule has 2 aliphatic rings. The molecule has 1 amide bonds. The summed E-state index contributed by atoms with van der Waals surface area (Å²) < 4.78 is 5.56. The van der Waals surface area contributed by atoms with Gasteiger partial charge in [-0.05, 0) is 36.9 Å². The highest BCUT2D eigenvalue weighted by molar-refractivity contribution is 5.83. The predicted molar refractivity (Wildman–Crippen MR) is 95.6 cm³/mol. The Labute approximate surface area is 146 Å². The summed E-state index contributed by atoms with van der Waals surface area (Å²) in [5, 5.41) is 4.08. The second-order valence-corrected chi connectivity index (χ2v) is 7.30. The number of carbonyl (C=O) groups is 1. The molecule has 3 heterocycles. The number of aromatic amines is 1. The molecule has 2 aromatic rings. The van der Waals surface area contributed by atoms with Crippen molar-refractivity contribution in [2.45, 2.75) is 26.4 Å². The number of ether oxygens (including phenoxy) is 1. The number of aromatic nitrogens is 1. The Bertz CT molecular complexity index is 889. The number of benzene rings is 1. The number of amides is 1. The number of carbonyl (C=O) groups excluding carboxylic acids is 1. The first-order valence-electron chi connectivity index (χ1n) is 8.73. The van der Waals surface area contributed by atoms with Gasteiger partial charge in [0.1, 0.15) is 0 Å². The lowest BCUT2D eigenvalue weighted by molar-refractivity contribution is -0.125. The van der Waals surface area contributed by atoms with Gasteiger partial charge >= 0.3 is 0 Å². The highest BCUT2D eigenvalue weighted by Gasteiger charge is 2.33. The van der Waals surface area contributed by atoms with E-state index in [-0.39, 0.29) is 23.4 Å². The summed E-state index contributed by atoms with van der Waals surface area (Å²) in [6, 6.07) is 6.15. The van der Waals surface area contributed by atoms with Crippen molar-refractivity contribution in [3.8, 4) is 0 Å². The van der Waals surface area contributed by atoms with E-state index in [9.17, 15) is 9.59 Å². The number of nitrogens with zero attached hydrogens (tertiary/aromatic N) is 1. The largest absolute Gasteiger partial charge is 0.378 e. The number of pyridine rings is 1. The lowest BCUT2D eigenvalue weighted by Gasteiger charge is -2.27. The van der Waals surface area contributed by atoms with Gasteiger partial charge in [0, 0.05) is 25.2 Å². The molecule has 2 bridgehead atoms. The third-order valence-electron chi connectivity index (χ3n) is 5.08. The zero-order valence-corrected chi connectivity index (χ0v) is 14.6. The minimum absolute atomic E-state index is 0.0102. The number of hydrogen-bond acceptors (Lipinski definition) is 4. The van der Waals surface area contributed by atoms with Crippen molar-refractivity contribution in [1.82, 2.24) is 15.2 Å². The zero-order chi connectivity index (χ0) is 17.6. The number of aryl methyl sites for hydroxylation is 2. The van der Waals surface area contributed by atoms with E-state index in [0.717, 1.165) is 22.0 Å². The smallest absolute Gasteiger partial charge is 0.252 e. The summed E-state index contributed by atoms with van der Waals surface area (Å²) >= 11 is 0. The Balaban J connectivity index is 1.65. The zero-order valence-electron chi connectivity index (χ0n) is 14.6. The Morgan fingerprint density at radius 3 is 2.84 bits per heavy atom. The fourth-order valence-electron chi connectivity index (χ4n) is 3.94. The van der Waals surface area contributed by atoms with E-state index >= 15 is 0 Å². The molecule has 1 aromatic carbocycles. The van der Waals surface area contributed by atoms with Gasteiger partial charge in [-0.3, -0.25) is 14.5 Å². The van der Waals surface area contributed by atoms with Crippen LogP contribution in [0.3, 0.4) is 0 Å². The van der Waals surface area contributed by atoms with Crippen LogP contribution in [0.15, 0.2) is 23.0 Å². The highest BCUT2D eigenvalue weighted by atomic mass is 16.5. The average molecular weight is 341 g/mol. The fraction of sp³-hybridized carbons (Fsp3) is 0.474. The Kier molecular flexibility index (Phi) is 4.09. The van der Waals surface area contributed by atoms with Crippen LogP contribution in [0.4, 0.5) is 0 Å². The third kappa shape index (κ3) is 3.19. The molecule has 0 saturated carbocycles. The molecular formula is C19H23N3O3. The molecule has 132 valence electrons. The molecule has 25 heavy (non-hydrogen) atoms. The summed E-state index contributed by atoms with van der Waals surface area (Å²) in [4.78, 5) is 29.9. The first-order valence-corrected chi connectivity index (χ1v) is 8.73. The molecule has 2 N–H and O–H groups in total. The molecule has 2 atom stereocenters. The van der Waals surface area contributed by atoms with E-state index in [1.807, 2.05) is 13.0 Å². The molecule has 2 saturated heterocycles. The minimum atomic E-state index is -0.170. The van der Waals surface area contributed by atoms with Crippen molar-refractivity contribution in [2.75, 3.05) is 26.3 Å². The SMILES string of the molecule is Cc1cc(C)c2[nH]c(=O)c(CN3C[C@H]4COC[C@@H](C3)C(=O)N4)cc2c1. The van der Waals surface area contributed by atoms with Gasteiger partial charge in [-0.15, -0.1) is 0 Å². The summed E-state index contributed by atoms with van der Waals surface area (Å²) in [5.74, 6) is -0.111. The van der Waals surface area contributed by atoms with Gasteiger partial charge in [0.25, 0.3) is 5.56 Å². The number of H-pyrrole nitrogens is 1. The van der Waals surface area contributed by atoms with E-state index in [4.69, 9.17) is 4.74 Å². The molecule has 6 nitrogen and oxygen atoms in total. The van der Waals surface area contributed by atoms with E-state index < -0.39 is 0 Å². The normalized spacial score (nSPS) is 24.2. The molecule has 2 aliphatic heterocycles. The van der Waals surface area contributed by atoms with Crippen LogP contribution in [0.2, 0.25) is 0 Å². The van der Waals surface area contributed by atoms with Crippen LogP contribution in [-0.2, 0) is 16.1 Å². The van der Waals surface area contributed by atoms with Gasteiger partial charge < -0.3 is 15.0 Å². The van der Waals surface area contributed by atoms with Crippen molar-refractivity contribution in [3.05, 3.63) is 45.2 Å². The first-order chi connectivity index (χ1) is 12.0. The van der Waals surface area contributed by atoms with Crippen LogP contribution in [0.1, 0.15) is 16.7 Å². The van der Waals surface area contributed by atoms with Crippen LogP contribution in [0.25, 0.3) is 10.9 Å². The van der Waals surface area contributed by atoms with Gasteiger partial charge in [-0.2, -0.15) is 0 Å². The van der Waals surface area contributed by atoms with Gasteiger partial charge in [0.2, 0.25) is 5.91 Å². The van der Waals surface area contributed by atoms with Crippen molar-refractivity contribution in [2.24, 2.45) is 5.92 Å². The molecular weight excluding hydrogens is 318 g/mol. The standard InChI is InChI=1S/C19H23N3O3/c1-11-3-12(2)17-13(4-11)5-14(18(23)21-17)6-22-7-15-9-25-10-16(8-22)20-19(15)24/h3-5,15-16H,6-10H2,1-2H3,(H,20,24)(H,21,23)/t15-,16+/m1/s1. The van der Waals surface area contributed by atoms with E-state index in [0.29, 0.717) is 32.8 Å². The van der Waals surface area contributed by atoms with Crippen molar-refractivity contribution in [1.29, 1.82) is 0 Å². The summed E-state index contributed by atoms with van der Waals surface area (Å²) in [5.41, 5.74) is 3.85. The van der Waals surface area contributed by atoms with Crippen LogP contribution in [-0.4, -0.2) is 48.1 Å². The monoisotopic (exact) mass is 341 g/mol. The number of fused-ring (bicyclic) bond motifs is 4. The molecule has 2 fully saturated rings. The van der Waals surface area contributed by atoms with E-state index in [1.54, 1.807) is 0 Å². The molecule has 0 aliphatic carbocycles. The Morgan fingerprint density at radius 2 is 2.00 bits per heavy atom. The summed E-state index contributed by atoms with van der Waals surface area (Å²) in [7, 11) is 0. The molecule has 6 heteroatoms. The Hall–Kier alpha value is -2.18. The van der Waals surface area contributed by atoms with E-state index in [2.05, 4.69) is 34.3 Å². The fourth-order valence-corrected chi connectivity index (χ4v) is 3.94. The van der Waals surface area contributed by atoms with Gasteiger partial charge in [0.15, 0.2) is 0 Å². The second-order valence-electron chi connectivity index (χ2n) is 7.30. The maximum atomic E-state index is 12.6. The van der Waals surface area contributed by atoms with Crippen molar-refractivity contribution in [3.63, 3.8) is 0 Å². The highest BCUT2D eigenvalue weighted by Crippen LogP contribution is 2.20. The molecule has 4 rings (SSSR count). The maximum Gasteiger partial charge on any atom is 0.252 e. The lowest BCUT2D eigenvalue weighted by atomic mass is 10.0. The Morgan fingerprint density at radius 1 is 1.16 bits per heavy atom. The van der Waals surface area contributed by atoms with Gasteiger partial charge in [0.05, 0.1) is 30.7 Å². The van der Waals surface area contributed by atoms with Crippen molar-refractivity contribution < 1.29 is 9.53 Å². The molecule has 0 radical (unpaired) electrons. The number of nitrogens with one attached hydrogen (secondary N) is 2. The average Bonchev–Trinajstić information content (AvgIpc) is 2.77. The predicted octanol–water partition coefficient (Wildman–Crippen LogP) is 1.09. The topological polar surface area (TPSA) is 74.4 Å². The molecule has 1 aromatic heterocycles. The first kappa shape index (κ1) is 16.3. The van der Waals surface area contributed by atoms with Crippen LogP contribution >= 0.6 is 0 Å². The minimum Gasteiger partial charge on any atom is -0.378 e. The second kappa shape index (κ2) is 6.28. The van der Waals surface area contributed by atoms with E-state index in [1.165, 1.54) is 5.56 Å². The molecule has 0 spiro atoms. The molecule has 0 unspecified atom stereocenters.